The predicted octanol–water partition coefficient (Wildman–Crippen LogP) is 3.86. The molecule has 0 N–H and O–H groups in total. The summed E-state index contributed by atoms with van der Waals surface area (Å²) in [6.07, 6.45) is 0.293. The molecule has 0 saturated heterocycles. The van der Waals surface area contributed by atoms with Gasteiger partial charge in [-0.2, -0.15) is 0 Å². The Hall–Kier alpha value is -0.730. The zero-order valence-electron chi connectivity index (χ0n) is 9.35. The van der Waals surface area contributed by atoms with Crippen molar-refractivity contribution in [2.75, 3.05) is 12.5 Å². The lowest BCUT2D eigenvalue weighted by Gasteiger charge is -2.11. The number of alkyl halides is 1. The van der Waals surface area contributed by atoms with Gasteiger partial charge in [0.25, 0.3) is 0 Å². The highest BCUT2D eigenvalue weighted by Gasteiger charge is 2.14. The van der Waals surface area contributed by atoms with E-state index in [1.165, 1.54) is 0 Å². The van der Waals surface area contributed by atoms with E-state index in [1.54, 1.807) is 12.1 Å². The predicted molar refractivity (Wildman–Crippen MR) is 67.0 cm³/mol. The van der Waals surface area contributed by atoms with Gasteiger partial charge in [0.05, 0.1) is 12.2 Å². The van der Waals surface area contributed by atoms with E-state index in [2.05, 4.69) is 0 Å². The molecule has 4 heteroatoms. The number of benzene rings is 1. The topological polar surface area (TPSA) is 26.3 Å². The number of Topliss-reactive ketones (excluding diaryl/α,β-unsaturated/α-hetero) is 1. The second kappa shape index (κ2) is 6.12. The molecule has 0 aliphatic carbocycles. The third kappa shape index (κ3) is 3.13. The summed E-state index contributed by atoms with van der Waals surface area (Å²) in [5.74, 6) is 0.843. The van der Waals surface area contributed by atoms with Crippen molar-refractivity contribution in [3.05, 3.63) is 28.3 Å². The normalized spacial score (nSPS) is 10.2. The fourth-order valence-electron chi connectivity index (χ4n) is 1.37. The summed E-state index contributed by atoms with van der Waals surface area (Å²) in [4.78, 5) is 11.8. The van der Waals surface area contributed by atoms with Gasteiger partial charge in [0, 0.05) is 17.3 Å². The third-order valence-electron chi connectivity index (χ3n) is 2.18. The Kier molecular flexibility index (Phi) is 5.10. The van der Waals surface area contributed by atoms with Gasteiger partial charge in [0.2, 0.25) is 0 Å². The van der Waals surface area contributed by atoms with Crippen LogP contribution in [-0.2, 0) is 0 Å². The first-order valence-corrected chi connectivity index (χ1v) is 6.03. The molecule has 0 amide bonds. The number of halogens is 2. The van der Waals surface area contributed by atoms with E-state index in [4.69, 9.17) is 27.9 Å². The summed E-state index contributed by atoms with van der Waals surface area (Å²) in [7, 11) is 0. The molecule has 0 bridgehead atoms. The van der Waals surface area contributed by atoms with Crippen molar-refractivity contribution in [2.45, 2.75) is 20.3 Å². The van der Waals surface area contributed by atoms with E-state index >= 15 is 0 Å². The lowest BCUT2D eigenvalue weighted by Crippen LogP contribution is -2.05. The van der Waals surface area contributed by atoms with Crippen molar-refractivity contribution in [3.8, 4) is 5.75 Å². The largest absolute Gasteiger partial charge is 0.493 e. The van der Waals surface area contributed by atoms with Crippen molar-refractivity contribution in [3.63, 3.8) is 0 Å². The van der Waals surface area contributed by atoms with Crippen LogP contribution in [-0.4, -0.2) is 18.3 Å². The molecular weight excluding hydrogens is 247 g/mol. The molecule has 0 spiro atoms. The van der Waals surface area contributed by atoms with Crippen LogP contribution in [0.4, 0.5) is 0 Å². The highest BCUT2D eigenvalue weighted by molar-refractivity contribution is 6.32. The molecule has 0 aromatic heterocycles. The van der Waals surface area contributed by atoms with Crippen LogP contribution < -0.4 is 4.74 Å². The molecule has 0 radical (unpaired) electrons. The quantitative estimate of drug-likeness (QED) is 0.594. The highest BCUT2D eigenvalue weighted by Crippen LogP contribution is 2.27. The second-order valence-corrected chi connectivity index (χ2v) is 4.18. The van der Waals surface area contributed by atoms with E-state index < -0.39 is 0 Å². The van der Waals surface area contributed by atoms with E-state index in [1.807, 2.05) is 13.8 Å². The number of hydrogen-bond acceptors (Lipinski definition) is 2. The average Bonchev–Trinajstić information content (AvgIpc) is 2.23. The van der Waals surface area contributed by atoms with Gasteiger partial charge in [0.15, 0.2) is 5.78 Å². The van der Waals surface area contributed by atoms with Gasteiger partial charge in [-0.1, -0.05) is 11.6 Å². The number of rotatable bonds is 5. The van der Waals surface area contributed by atoms with Crippen LogP contribution in [0, 0.1) is 6.92 Å². The minimum Gasteiger partial charge on any atom is -0.493 e. The second-order valence-electron chi connectivity index (χ2n) is 3.39. The van der Waals surface area contributed by atoms with E-state index in [0.717, 1.165) is 5.56 Å². The monoisotopic (exact) mass is 260 g/mol. The number of carbonyl (C=O) groups excluding carboxylic acids is 1. The molecule has 1 aromatic rings. The first-order valence-electron chi connectivity index (χ1n) is 5.12. The maximum atomic E-state index is 11.8. The smallest absolute Gasteiger partial charge is 0.167 e. The van der Waals surface area contributed by atoms with Crippen LogP contribution >= 0.6 is 23.2 Å². The van der Waals surface area contributed by atoms with Gasteiger partial charge in [-0.25, -0.2) is 0 Å². The molecule has 1 aromatic carbocycles. The first kappa shape index (κ1) is 13.3. The lowest BCUT2D eigenvalue weighted by atomic mass is 10.1. The maximum Gasteiger partial charge on any atom is 0.167 e. The van der Waals surface area contributed by atoms with Gasteiger partial charge in [-0.15, -0.1) is 11.6 Å². The van der Waals surface area contributed by atoms with Crippen LogP contribution in [0.5, 0.6) is 5.75 Å². The Bertz CT molecular complexity index is 389. The Morgan fingerprint density at radius 2 is 2.12 bits per heavy atom. The van der Waals surface area contributed by atoms with Gasteiger partial charge in [-0.3, -0.25) is 4.79 Å². The summed E-state index contributed by atoms with van der Waals surface area (Å²) >= 11 is 11.5. The Labute approximate surface area is 106 Å². The van der Waals surface area contributed by atoms with E-state index in [-0.39, 0.29) is 5.78 Å². The lowest BCUT2D eigenvalue weighted by molar-refractivity contribution is 0.0985. The number of aryl methyl sites for hydroxylation is 1. The number of ether oxygens (including phenoxy) is 1. The third-order valence-corrected chi connectivity index (χ3v) is 2.78. The maximum absolute atomic E-state index is 11.8. The molecule has 0 atom stereocenters. The molecule has 0 saturated carbocycles. The summed E-state index contributed by atoms with van der Waals surface area (Å²) in [5.41, 5.74) is 1.41. The molecule has 2 nitrogen and oxygen atoms in total. The Morgan fingerprint density at radius 3 is 2.69 bits per heavy atom. The van der Waals surface area contributed by atoms with E-state index in [0.29, 0.717) is 35.2 Å². The van der Waals surface area contributed by atoms with Crippen molar-refractivity contribution in [2.24, 2.45) is 0 Å². The van der Waals surface area contributed by atoms with Crippen molar-refractivity contribution in [1.82, 2.24) is 0 Å². The molecular formula is C12H14Cl2O2. The zero-order valence-corrected chi connectivity index (χ0v) is 10.9. The van der Waals surface area contributed by atoms with Gasteiger partial charge >= 0.3 is 0 Å². The fourth-order valence-corrected chi connectivity index (χ4v) is 1.70. The van der Waals surface area contributed by atoms with Crippen LogP contribution in [0.15, 0.2) is 12.1 Å². The average molecular weight is 261 g/mol. The van der Waals surface area contributed by atoms with Crippen molar-refractivity contribution < 1.29 is 9.53 Å². The molecule has 0 aliphatic rings. The Morgan fingerprint density at radius 1 is 1.44 bits per heavy atom. The molecule has 1 rings (SSSR count). The van der Waals surface area contributed by atoms with Gasteiger partial charge in [0.1, 0.15) is 5.75 Å². The van der Waals surface area contributed by atoms with Gasteiger partial charge in [-0.05, 0) is 31.5 Å². The Balaban J connectivity index is 3.13. The zero-order chi connectivity index (χ0) is 12.1. The number of hydrogen-bond donors (Lipinski definition) is 0. The molecule has 0 fully saturated rings. The SMILES string of the molecule is CCOc1cc(C)c(Cl)cc1C(=O)CCCl. The van der Waals surface area contributed by atoms with Crippen LogP contribution in [0.3, 0.4) is 0 Å². The van der Waals surface area contributed by atoms with Crippen LogP contribution in [0.2, 0.25) is 5.02 Å². The van der Waals surface area contributed by atoms with Crippen molar-refractivity contribution in [1.29, 1.82) is 0 Å². The first-order chi connectivity index (χ1) is 7.60. The molecule has 0 aliphatic heterocycles. The van der Waals surface area contributed by atoms with Crippen LogP contribution in [0.1, 0.15) is 29.3 Å². The highest BCUT2D eigenvalue weighted by atomic mass is 35.5. The molecule has 88 valence electrons. The number of carbonyl (C=O) groups is 1. The van der Waals surface area contributed by atoms with Crippen molar-refractivity contribution >= 4 is 29.0 Å². The summed E-state index contributed by atoms with van der Waals surface area (Å²) in [6.45, 7) is 4.27. The fraction of sp³-hybridized carbons (Fsp3) is 0.417. The minimum atomic E-state index is -0.0413. The molecule has 0 heterocycles. The van der Waals surface area contributed by atoms with Crippen LogP contribution in [0.25, 0.3) is 0 Å². The summed E-state index contributed by atoms with van der Waals surface area (Å²) in [6, 6.07) is 3.43. The number of ketones is 1. The minimum absolute atomic E-state index is 0.0413. The van der Waals surface area contributed by atoms with E-state index in [9.17, 15) is 4.79 Å². The summed E-state index contributed by atoms with van der Waals surface area (Å²) < 4.78 is 5.42. The molecule has 16 heavy (non-hydrogen) atoms. The summed E-state index contributed by atoms with van der Waals surface area (Å²) in [5, 5.41) is 0.571. The standard InChI is InChI=1S/C12H14Cl2O2/c1-3-16-12-6-8(2)10(14)7-9(12)11(15)4-5-13/h6-7H,3-5H2,1-2H3. The van der Waals surface area contributed by atoms with Gasteiger partial charge < -0.3 is 4.74 Å². The molecule has 0 unspecified atom stereocenters.